The average Bonchev–Trinajstić information content (AvgIpc) is 2.74. The van der Waals surface area contributed by atoms with Crippen LogP contribution in [0.2, 0.25) is 0 Å². The maximum Gasteiger partial charge on any atom is 0.220 e. The first kappa shape index (κ1) is 13.2. The van der Waals surface area contributed by atoms with E-state index in [-0.39, 0.29) is 5.91 Å². The van der Waals surface area contributed by atoms with Crippen molar-refractivity contribution in [2.75, 3.05) is 18.8 Å². The lowest BCUT2D eigenvalue weighted by Gasteiger charge is -2.06. The van der Waals surface area contributed by atoms with Crippen molar-refractivity contribution in [3.8, 4) is 0 Å². The third-order valence-corrected chi connectivity index (χ3v) is 5.41. The Kier molecular flexibility index (Phi) is 7.30. The van der Waals surface area contributed by atoms with Gasteiger partial charge in [0.1, 0.15) is 0 Å². The van der Waals surface area contributed by atoms with Crippen molar-refractivity contribution in [1.29, 1.82) is 0 Å². The number of carbonyl (C=O) groups excluding carboxylic acids is 1. The number of amides is 1. The summed E-state index contributed by atoms with van der Waals surface area (Å²) in [5.41, 5.74) is 3.69. The van der Waals surface area contributed by atoms with Crippen LogP contribution in [0.5, 0.6) is 0 Å². The fraction of sp³-hybridized carbons (Fsp3) is 0.900. The molecule has 0 radical (unpaired) electrons. The summed E-state index contributed by atoms with van der Waals surface area (Å²) < 4.78 is 0. The van der Waals surface area contributed by atoms with Gasteiger partial charge in [0.25, 0.3) is 0 Å². The highest BCUT2D eigenvalue weighted by molar-refractivity contribution is 8.77. The Balaban J connectivity index is 1.89. The van der Waals surface area contributed by atoms with E-state index < -0.39 is 0 Å². The molecule has 0 aromatic rings. The number of hydrogen-bond donors (Lipinski definition) is 2. The van der Waals surface area contributed by atoms with E-state index in [0.29, 0.717) is 13.0 Å². The van der Waals surface area contributed by atoms with Gasteiger partial charge in [-0.1, -0.05) is 28.0 Å². The smallest absolute Gasteiger partial charge is 0.220 e. The molecule has 0 aromatic heterocycles. The van der Waals surface area contributed by atoms with Crippen molar-refractivity contribution in [2.45, 2.75) is 37.4 Å². The first-order valence-electron chi connectivity index (χ1n) is 5.67. The van der Waals surface area contributed by atoms with Crippen molar-refractivity contribution in [1.82, 2.24) is 5.32 Å². The third-order valence-electron chi connectivity index (χ3n) is 2.41. The van der Waals surface area contributed by atoms with Crippen LogP contribution in [0, 0.1) is 0 Å². The second-order valence-corrected chi connectivity index (χ2v) is 6.57. The lowest BCUT2D eigenvalue weighted by Crippen LogP contribution is -2.54. The Bertz CT molecular complexity index is 184. The topological polar surface area (TPSA) is 56.7 Å². The van der Waals surface area contributed by atoms with Crippen LogP contribution in [0.4, 0.5) is 0 Å². The molecular weight excluding hydrogens is 228 g/mol. The van der Waals surface area contributed by atoms with Gasteiger partial charge >= 0.3 is 0 Å². The molecule has 0 saturated carbocycles. The normalized spacial score (nSPS) is 20.5. The number of nitrogens with one attached hydrogen (secondary N) is 1. The summed E-state index contributed by atoms with van der Waals surface area (Å²) in [4.78, 5) is 11.2. The van der Waals surface area contributed by atoms with Gasteiger partial charge in [-0.2, -0.15) is 0 Å². The molecule has 5 heteroatoms. The van der Waals surface area contributed by atoms with Crippen molar-refractivity contribution >= 4 is 27.5 Å². The number of carbonyl (C=O) groups is 1. The minimum atomic E-state index is 0.187. The maximum atomic E-state index is 11.2. The van der Waals surface area contributed by atoms with E-state index in [9.17, 15) is 4.79 Å². The largest absolute Gasteiger partial charge is 0.356 e. The third kappa shape index (κ3) is 6.33. The molecule has 1 aliphatic heterocycles. The lowest BCUT2D eigenvalue weighted by molar-refractivity contribution is -0.364. The summed E-state index contributed by atoms with van der Waals surface area (Å²) in [5, 5.41) is 3.70. The Morgan fingerprint density at radius 1 is 1.47 bits per heavy atom. The van der Waals surface area contributed by atoms with Gasteiger partial charge in [-0.05, 0) is 19.3 Å². The number of quaternary nitrogens is 1. The van der Waals surface area contributed by atoms with E-state index in [1.807, 2.05) is 21.6 Å². The van der Waals surface area contributed by atoms with E-state index >= 15 is 0 Å². The molecule has 0 spiro atoms. The van der Waals surface area contributed by atoms with Crippen molar-refractivity contribution < 1.29 is 10.5 Å². The van der Waals surface area contributed by atoms with Crippen LogP contribution in [0.3, 0.4) is 0 Å². The first-order chi connectivity index (χ1) is 7.33. The molecule has 4 N–H and O–H groups in total. The summed E-state index contributed by atoms with van der Waals surface area (Å²) in [6, 6.07) is 0. The van der Waals surface area contributed by atoms with Gasteiger partial charge in [-0.25, -0.2) is 0 Å². The van der Waals surface area contributed by atoms with E-state index in [0.717, 1.165) is 18.2 Å². The molecule has 1 rings (SSSR count). The molecule has 1 fully saturated rings. The average molecular weight is 249 g/mol. The minimum Gasteiger partial charge on any atom is -0.356 e. The first-order valence-corrected chi connectivity index (χ1v) is 8.05. The predicted molar refractivity (Wildman–Crippen MR) is 67.7 cm³/mol. The highest BCUT2D eigenvalue weighted by Gasteiger charge is 2.15. The zero-order chi connectivity index (χ0) is 10.9. The predicted octanol–water partition coefficient (Wildman–Crippen LogP) is 1.06. The molecule has 1 unspecified atom stereocenters. The molecule has 0 aliphatic carbocycles. The second-order valence-electron chi connectivity index (χ2n) is 3.78. The minimum absolute atomic E-state index is 0.187. The van der Waals surface area contributed by atoms with Crippen LogP contribution in [-0.4, -0.2) is 30.0 Å². The van der Waals surface area contributed by atoms with Gasteiger partial charge < -0.3 is 11.1 Å². The molecule has 1 saturated heterocycles. The van der Waals surface area contributed by atoms with Crippen LogP contribution in [-0.2, 0) is 4.79 Å². The Hall–Kier alpha value is 0.130. The number of hydrogen-bond acceptors (Lipinski definition) is 3. The van der Waals surface area contributed by atoms with Gasteiger partial charge in [0, 0.05) is 17.4 Å². The SMILES string of the molecule is [NH3+]CCNC(=O)CCCCC1CCSS1. The summed E-state index contributed by atoms with van der Waals surface area (Å²) in [6.45, 7) is 1.50. The summed E-state index contributed by atoms with van der Waals surface area (Å²) in [7, 11) is 4.01. The monoisotopic (exact) mass is 249 g/mol. The summed E-state index contributed by atoms with van der Waals surface area (Å²) >= 11 is 0. The van der Waals surface area contributed by atoms with Gasteiger partial charge in [0.05, 0.1) is 13.1 Å². The molecule has 0 aromatic carbocycles. The molecule has 1 aliphatic rings. The molecule has 0 bridgehead atoms. The zero-order valence-corrected chi connectivity index (χ0v) is 10.8. The quantitative estimate of drug-likeness (QED) is 0.524. The standard InChI is InChI=1S/C10H20N2OS2/c11-6-7-12-10(13)4-2-1-3-9-5-8-14-15-9/h9H,1-8,11H2,(H,12,13)/p+1. The van der Waals surface area contributed by atoms with E-state index in [1.54, 1.807) is 0 Å². The Morgan fingerprint density at radius 2 is 2.33 bits per heavy atom. The zero-order valence-electron chi connectivity index (χ0n) is 9.17. The van der Waals surface area contributed by atoms with Crippen LogP contribution in [0.15, 0.2) is 0 Å². The number of rotatable bonds is 7. The molecule has 3 nitrogen and oxygen atoms in total. The van der Waals surface area contributed by atoms with Gasteiger partial charge in [0.2, 0.25) is 5.91 Å². The second kappa shape index (κ2) is 8.30. The van der Waals surface area contributed by atoms with Crippen LogP contribution in [0.1, 0.15) is 32.1 Å². The molecular formula is C10H21N2OS2+. The highest BCUT2D eigenvalue weighted by Crippen LogP contribution is 2.39. The molecule has 1 atom stereocenters. The van der Waals surface area contributed by atoms with Crippen LogP contribution < -0.4 is 11.1 Å². The van der Waals surface area contributed by atoms with Crippen molar-refractivity contribution in [2.24, 2.45) is 0 Å². The molecule has 15 heavy (non-hydrogen) atoms. The molecule has 1 amide bonds. The van der Waals surface area contributed by atoms with E-state index in [4.69, 9.17) is 0 Å². The highest BCUT2D eigenvalue weighted by atomic mass is 33.1. The lowest BCUT2D eigenvalue weighted by atomic mass is 10.1. The molecule has 1 heterocycles. The number of unbranched alkanes of at least 4 members (excludes halogenated alkanes) is 1. The van der Waals surface area contributed by atoms with Crippen molar-refractivity contribution in [3.05, 3.63) is 0 Å². The van der Waals surface area contributed by atoms with Crippen LogP contribution in [0.25, 0.3) is 0 Å². The summed E-state index contributed by atoms with van der Waals surface area (Å²) in [6.07, 6.45) is 5.54. The fourth-order valence-electron chi connectivity index (χ4n) is 1.54. The van der Waals surface area contributed by atoms with E-state index in [1.165, 1.54) is 25.0 Å². The maximum absolute atomic E-state index is 11.2. The van der Waals surface area contributed by atoms with Gasteiger partial charge in [0.15, 0.2) is 0 Å². The summed E-state index contributed by atoms with van der Waals surface area (Å²) in [5.74, 6) is 1.49. The Morgan fingerprint density at radius 3 is 3.00 bits per heavy atom. The van der Waals surface area contributed by atoms with E-state index in [2.05, 4.69) is 11.1 Å². The Labute approximate surface area is 99.7 Å². The van der Waals surface area contributed by atoms with Crippen LogP contribution >= 0.6 is 21.6 Å². The van der Waals surface area contributed by atoms with Gasteiger partial charge in [-0.15, -0.1) is 0 Å². The molecule has 88 valence electrons. The van der Waals surface area contributed by atoms with Crippen molar-refractivity contribution in [3.63, 3.8) is 0 Å². The fourth-order valence-corrected chi connectivity index (χ4v) is 4.57. The van der Waals surface area contributed by atoms with Gasteiger partial charge in [-0.3, -0.25) is 4.79 Å².